The first-order valence-electron chi connectivity index (χ1n) is 9.84. The SMILES string of the molecule is CC(Oc1ccccc1[N+](=O)[O-])C(=O)Nc1ccc(C(=O)Nc2cccc(C(F)(F)F)c2)cc1. The molecule has 11 heteroatoms. The molecule has 0 fully saturated rings. The van der Waals surface area contributed by atoms with Crippen LogP contribution < -0.4 is 15.4 Å². The lowest BCUT2D eigenvalue weighted by Crippen LogP contribution is -2.30. The van der Waals surface area contributed by atoms with Gasteiger partial charge >= 0.3 is 11.9 Å². The fraction of sp³-hybridized carbons (Fsp3) is 0.130. The van der Waals surface area contributed by atoms with Gasteiger partial charge in [-0.1, -0.05) is 18.2 Å². The first-order valence-corrected chi connectivity index (χ1v) is 9.84. The zero-order valence-corrected chi connectivity index (χ0v) is 17.6. The molecule has 3 rings (SSSR count). The molecule has 0 saturated heterocycles. The zero-order valence-electron chi connectivity index (χ0n) is 17.6. The highest BCUT2D eigenvalue weighted by atomic mass is 19.4. The van der Waals surface area contributed by atoms with Crippen molar-refractivity contribution in [2.75, 3.05) is 10.6 Å². The fourth-order valence-electron chi connectivity index (χ4n) is 2.88. The van der Waals surface area contributed by atoms with Gasteiger partial charge in [0.15, 0.2) is 11.9 Å². The summed E-state index contributed by atoms with van der Waals surface area (Å²) in [6, 6.07) is 15.5. The van der Waals surface area contributed by atoms with Gasteiger partial charge in [0.25, 0.3) is 11.8 Å². The Balaban J connectivity index is 1.62. The van der Waals surface area contributed by atoms with E-state index in [4.69, 9.17) is 4.74 Å². The molecule has 3 aromatic carbocycles. The number of carbonyl (C=O) groups is 2. The Kier molecular flexibility index (Phi) is 7.15. The summed E-state index contributed by atoms with van der Waals surface area (Å²) in [5, 5.41) is 16.0. The highest BCUT2D eigenvalue weighted by Crippen LogP contribution is 2.31. The van der Waals surface area contributed by atoms with E-state index in [1.165, 1.54) is 67.6 Å². The van der Waals surface area contributed by atoms with E-state index in [-0.39, 0.29) is 22.7 Å². The molecule has 0 saturated carbocycles. The van der Waals surface area contributed by atoms with Crippen LogP contribution in [-0.2, 0) is 11.0 Å². The lowest BCUT2D eigenvalue weighted by Gasteiger charge is -2.15. The highest BCUT2D eigenvalue weighted by molar-refractivity contribution is 6.04. The molecule has 0 aliphatic rings. The second kappa shape index (κ2) is 10.0. The van der Waals surface area contributed by atoms with E-state index in [9.17, 15) is 32.9 Å². The summed E-state index contributed by atoms with van der Waals surface area (Å²) in [7, 11) is 0. The third-order valence-corrected chi connectivity index (χ3v) is 4.60. The number of hydrogen-bond donors (Lipinski definition) is 2. The number of amides is 2. The van der Waals surface area contributed by atoms with Crippen molar-refractivity contribution in [3.63, 3.8) is 0 Å². The number of nitro groups is 1. The first-order chi connectivity index (χ1) is 16.0. The van der Waals surface area contributed by atoms with E-state index in [0.717, 1.165) is 12.1 Å². The molecule has 2 amide bonds. The Morgan fingerprint density at radius 3 is 2.26 bits per heavy atom. The minimum Gasteiger partial charge on any atom is -0.474 e. The van der Waals surface area contributed by atoms with Gasteiger partial charge in [-0.15, -0.1) is 0 Å². The normalized spacial score (nSPS) is 11.9. The van der Waals surface area contributed by atoms with Crippen molar-refractivity contribution in [1.82, 2.24) is 0 Å². The number of nitrogens with zero attached hydrogens (tertiary/aromatic N) is 1. The Labute approximate surface area is 191 Å². The molecule has 2 N–H and O–H groups in total. The zero-order chi connectivity index (χ0) is 24.9. The largest absolute Gasteiger partial charge is 0.474 e. The molecule has 3 aromatic rings. The van der Waals surface area contributed by atoms with Crippen molar-refractivity contribution in [3.05, 3.63) is 94.0 Å². The second-order valence-electron chi connectivity index (χ2n) is 7.08. The van der Waals surface area contributed by atoms with Gasteiger partial charge in [-0.3, -0.25) is 19.7 Å². The predicted octanol–water partition coefficient (Wildman–Crippen LogP) is 5.27. The minimum absolute atomic E-state index is 0.0156. The Morgan fingerprint density at radius 1 is 0.941 bits per heavy atom. The average molecular weight is 473 g/mol. The number of hydrogen-bond acceptors (Lipinski definition) is 5. The van der Waals surface area contributed by atoms with Crippen LogP contribution in [0.5, 0.6) is 5.75 Å². The molecule has 0 spiro atoms. The van der Waals surface area contributed by atoms with Crippen LogP contribution in [0.25, 0.3) is 0 Å². The van der Waals surface area contributed by atoms with Crippen molar-refractivity contribution < 1.29 is 32.4 Å². The van der Waals surface area contributed by atoms with Crippen LogP contribution in [0.3, 0.4) is 0 Å². The maximum absolute atomic E-state index is 12.8. The van der Waals surface area contributed by atoms with Crippen LogP contribution in [0.15, 0.2) is 72.8 Å². The van der Waals surface area contributed by atoms with Gasteiger partial charge in [0.1, 0.15) is 0 Å². The van der Waals surface area contributed by atoms with E-state index < -0.39 is 34.6 Å². The number of rotatable bonds is 7. The van der Waals surface area contributed by atoms with Gasteiger partial charge in [0.2, 0.25) is 0 Å². The van der Waals surface area contributed by atoms with Crippen LogP contribution >= 0.6 is 0 Å². The number of benzene rings is 3. The first kappa shape index (κ1) is 24.2. The van der Waals surface area contributed by atoms with Crippen molar-refractivity contribution >= 4 is 28.9 Å². The van der Waals surface area contributed by atoms with Crippen LogP contribution in [0, 0.1) is 10.1 Å². The number of halogens is 3. The standard InChI is InChI=1S/C23H18F3N3O5/c1-14(34-20-8-3-2-7-19(20)29(32)33)21(30)27-17-11-9-15(10-12-17)22(31)28-18-6-4-5-16(13-18)23(24,25)26/h2-14H,1H3,(H,27,30)(H,28,31). The topological polar surface area (TPSA) is 111 Å². The molecule has 8 nitrogen and oxygen atoms in total. The van der Waals surface area contributed by atoms with Gasteiger partial charge in [-0.2, -0.15) is 13.2 Å². The average Bonchev–Trinajstić information content (AvgIpc) is 2.79. The number of carbonyl (C=O) groups excluding carboxylic acids is 2. The summed E-state index contributed by atoms with van der Waals surface area (Å²) < 4.78 is 43.9. The number of para-hydroxylation sites is 2. The van der Waals surface area contributed by atoms with Crippen LogP contribution in [0.2, 0.25) is 0 Å². The molecule has 0 radical (unpaired) electrons. The van der Waals surface area contributed by atoms with E-state index in [1.54, 1.807) is 0 Å². The minimum atomic E-state index is -4.53. The van der Waals surface area contributed by atoms with E-state index in [0.29, 0.717) is 5.69 Å². The Morgan fingerprint density at radius 2 is 1.62 bits per heavy atom. The lowest BCUT2D eigenvalue weighted by atomic mass is 10.1. The predicted molar refractivity (Wildman–Crippen MR) is 118 cm³/mol. The molecule has 0 aliphatic heterocycles. The number of nitrogens with one attached hydrogen (secondary N) is 2. The summed E-state index contributed by atoms with van der Waals surface area (Å²) in [6.45, 7) is 1.42. The van der Waals surface area contributed by atoms with Gasteiger partial charge in [-0.25, -0.2) is 0 Å². The van der Waals surface area contributed by atoms with Gasteiger partial charge in [0, 0.05) is 23.0 Å². The number of nitro benzene ring substituents is 1. The van der Waals surface area contributed by atoms with Gasteiger partial charge in [0.05, 0.1) is 10.5 Å². The molecule has 1 atom stereocenters. The molecule has 0 aromatic heterocycles. The molecule has 0 bridgehead atoms. The van der Waals surface area contributed by atoms with E-state index in [1.807, 2.05) is 0 Å². The van der Waals surface area contributed by atoms with Crippen molar-refractivity contribution in [2.45, 2.75) is 19.2 Å². The second-order valence-corrected chi connectivity index (χ2v) is 7.08. The Bertz CT molecular complexity index is 1210. The fourth-order valence-corrected chi connectivity index (χ4v) is 2.88. The van der Waals surface area contributed by atoms with Crippen molar-refractivity contribution in [2.24, 2.45) is 0 Å². The number of alkyl halides is 3. The quantitative estimate of drug-likeness (QED) is 0.359. The molecular weight excluding hydrogens is 455 g/mol. The molecule has 34 heavy (non-hydrogen) atoms. The smallest absolute Gasteiger partial charge is 0.416 e. The molecule has 176 valence electrons. The Hall–Kier alpha value is -4.41. The third-order valence-electron chi connectivity index (χ3n) is 4.60. The molecule has 1 unspecified atom stereocenters. The maximum atomic E-state index is 12.8. The molecule has 0 heterocycles. The summed E-state index contributed by atoms with van der Waals surface area (Å²) in [6.07, 6.45) is -5.60. The number of anilines is 2. The van der Waals surface area contributed by atoms with Crippen molar-refractivity contribution in [1.29, 1.82) is 0 Å². The number of ether oxygens (including phenoxy) is 1. The summed E-state index contributed by atoms with van der Waals surface area (Å²) in [5.74, 6) is -1.28. The lowest BCUT2D eigenvalue weighted by molar-refractivity contribution is -0.386. The van der Waals surface area contributed by atoms with Gasteiger partial charge < -0.3 is 15.4 Å². The van der Waals surface area contributed by atoms with Crippen molar-refractivity contribution in [3.8, 4) is 5.75 Å². The van der Waals surface area contributed by atoms with E-state index in [2.05, 4.69) is 10.6 Å². The van der Waals surface area contributed by atoms with Crippen LogP contribution in [0.1, 0.15) is 22.8 Å². The molecular formula is C23H18F3N3O5. The monoisotopic (exact) mass is 473 g/mol. The van der Waals surface area contributed by atoms with Gasteiger partial charge in [-0.05, 0) is 55.5 Å². The summed E-state index contributed by atoms with van der Waals surface area (Å²) >= 11 is 0. The summed E-state index contributed by atoms with van der Waals surface area (Å²) in [4.78, 5) is 35.2. The van der Waals surface area contributed by atoms with Crippen LogP contribution in [-0.4, -0.2) is 22.8 Å². The summed E-state index contributed by atoms with van der Waals surface area (Å²) in [5.41, 5.74) is -0.713. The maximum Gasteiger partial charge on any atom is 0.416 e. The highest BCUT2D eigenvalue weighted by Gasteiger charge is 2.30. The molecule has 0 aliphatic carbocycles. The van der Waals surface area contributed by atoms with E-state index >= 15 is 0 Å². The third kappa shape index (κ3) is 6.09. The van der Waals surface area contributed by atoms with Crippen LogP contribution in [0.4, 0.5) is 30.2 Å².